The second-order valence-corrected chi connectivity index (χ2v) is 3.87. The molecule has 0 radical (unpaired) electrons. The van der Waals surface area contributed by atoms with E-state index in [1.54, 1.807) is 31.3 Å². The minimum atomic E-state index is -0.504. The van der Waals surface area contributed by atoms with E-state index in [0.29, 0.717) is 10.6 Å². The molecule has 18 heavy (non-hydrogen) atoms. The number of anilines is 1. The average Bonchev–Trinajstić information content (AvgIpc) is 2.38. The lowest BCUT2D eigenvalue weighted by Crippen LogP contribution is -2.02. The highest BCUT2D eigenvalue weighted by Crippen LogP contribution is 2.32. The highest BCUT2D eigenvalue weighted by molar-refractivity contribution is 6.30. The summed E-state index contributed by atoms with van der Waals surface area (Å²) in [5, 5.41) is 14.3. The Hall–Kier alpha value is -2.21. The summed E-state index contributed by atoms with van der Waals surface area (Å²) in [5.41, 5.74) is 0.725. The Morgan fingerprint density at radius 3 is 2.50 bits per heavy atom. The van der Waals surface area contributed by atoms with Crippen LogP contribution in [0.15, 0.2) is 30.6 Å². The topological polar surface area (TPSA) is 81.0 Å². The Labute approximate surface area is 108 Å². The SMILES string of the molecule is CNc1ncnc(-c2ccc(Cl)cc2)c1[N+](=O)[O-]. The van der Waals surface area contributed by atoms with E-state index in [2.05, 4.69) is 15.3 Å². The van der Waals surface area contributed by atoms with Gasteiger partial charge in [-0.25, -0.2) is 9.97 Å². The van der Waals surface area contributed by atoms with Crippen LogP contribution in [-0.2, 0) is 0 Å². The normalized spacial score (nSPS) is 10.1. The molecule has 1 N–H and O–H groups in total. The first-order valence-electron chi connectivity index (χ1n) is 5.06. The summed E-state index contributed by atoms with van der Waals surface area (Å²) in [7, 11) is 1.57. The summed E-state index contributed by atoms with van der Waals surface area (Å²) in [5.74, 6) is 0.181. The molecule has 1 aromatic heterocycles. The van der Waals surface area contributed by atoms with Crippen molar-refractivity contribution in [2.75, 3.05) is 12.4 Å². The van der Waals surface area contributed by atoms with Crippen molar-refractivity contribution in [3.63, 3.8) is 0 Å². The minimum Gasteiger partial charge on any atom is -0.367 e. The van der Waals surface area contributed by atoms with Gasteiger partial charge < -0.3 is 5.32 Å². The predicted octanol–water partition coefficient (Wildman–Crippen LogP) is 2.75. The molecule has 0 bridgehead atoms. The summed E-state index contributed by atoms with van der Waals surface area (Å²) < 4.78 is 0. The van der Waals surface area contributed by atoms with Crippen LogP contribution in [0.5, 0.6) is 0 Å². The zero-order chi connectivity index (χ0) is 13.1. The highest BCUT2D eigenvalue weighted by Gasteiger charge is 2.22. The summed E-state index contributed by atoms with van der Waals surface area (Å²) in [6, 6.07) is 6.66. The van der Waals surface area contributed by atoms with Gasteiger partial charge in [-0.2, -0.15) is 0 Å². The van der Waals surface area contributed by atoms with Gasteiger partial charge >= 0.3 is 5.69 Å². The Bertz CT molecular complexity index is 586. The molecular formula is C11H9ClN4O2. The van der Waals surface area contributed by atoms with Crippen molar-refractivity contribution in [1.29, 1.82) is 0 Å². The van der Waals surface area contributed by atoms with E-state index in [1.807, 2.05) is 0 Å². The Kier molecular flexibility index (Phi) is 3.38. The van der Waals surface area contributed by atoms with Gasteiger partial charge in [0.1, 0.15) is 6.33 Å². The molecule has 2 rings (SSSR count). The van der Waals surface area contributed by atoms with Gasteiger partial charge in [0.2, 0.25) is 5.82 Å². The molecule has 0 unspecified atom stereocenters. The van der Waals surface area contributed by atoms with Crippen LogP contribution < -0.4 is 5.32 Å². The monoisotopic (exact) mass is 264 g/mol. The van der Waals surface area contributed by atoms with E-state index in [0.717, 1.165) is 0 Å². The van der Waals surface area contributed by atoms with Gasteiger partial charge in [0, 0.05) is 17.6 Å². The molecule has 0 saturated carbocycles. The average molecular weight is 265 g/mol. The number of benzene rings is 1. The summed E-state index contributed by atoms with van der Waals surface area (Å²) >= 11 is 5.78. The zero-order valence-corrected chi connectivity index (χ0v) is 10.2. The van der Waals surface area contributed by atoms with Crippen molar-refractivity contribution in [2.24, 2.45) is 0 Å². The van der Waals surface area contributed by atoms with Crippen molar-refractivity contribution in [3.05, 3.63) is 45.7 Å². The van der Waals surface area contributed by atoms with Gasteiger partial charge in [0.05, 0.1) is 4.92 Å². The van der Waals surface area contributed by atoms with Crippen molar-refractivity contribution in [1.82, 2.24) is 9.97 Å². The number of aromatic nitrogens is 2. The third-order valence-electron chi connectivity index (χ3n) is 2.36. The Morgan fingerprint density at radius 2 is 1.94 bits per heavy atom. The fourth-order valence-corrected chi connectivity index (χ4v) is 1.68. The van der Waals surface area contributed by atoms with E-state index in [1.165, 1.54) is 6.33 Å². The lowest BCUT2D eigenvalue weighted by atomic mass is 10.1. The fraction of sp³-hybridized carbons (Fsp3) is 0.0909. The van der Waals surface area contributed by atoms with Gasteiger partial charge in [0.25, 0.3) is 0 Å². The number of nitro groups is 1. The van der Waals surface area contributed by atoms with Gasteiger partial charge in [-0.1, -0.05) is 23.7 Å². The third kappa shape index (κ3) is 2.23. The molecule has 0 aliphatic carbocycles. The molecule has 0 atom stereocenters. The first-order chi connectivity index (χ1) is 8.63. The molecule has 92 valence electrons. The van der Waals surface area contributed by atoms with Crippen LogP contribution in [0.1, 0.15) is 0 Å². The number of hydrogen-bond acceptors (Lipinski definition) is 5. The van der Waals surface area contributed by atoms with Gasteiger partial charge in [-0.3, -0.25) is 10.1 Å². The van der Waals surface area contributed by atoms with Crippen LogP contribution in [0.25, 0.3) is 11.3 Å². The lowest BCUT2D eigenvalue weighted by molar-refractivity contribution is -0.383. The zero-order valence-electron chi connectivity index (χ0n) is 9.42. The van der Waals surface area contributed by atoms with E-state index in [4.69, 9.17) is 11.6 Å². The molecule has 0 saturated heterocycles. The quantitative estimate of drug-likeness (QED) is 0.681. The van der Waals surface area contributed by atoms with Crippen LogP contribution in [0, 0.1) is 10.1 Å². The summed E-state index contributed by atoms with van der Waals surface area (Å²) in [6.07, 6.45) is 1.28. The number of rotatable bonds is 3. The summed E-state index contributed by atoms with van der Waals surface area (Å²) in [6.45, 7) is 0. The van der Waals surface area contributed by atoms with Gasteiger partial charge in [-0.15, -0.1) is 0 Å². The van der Waals surface area contributed by atoms with Crippen molar-refractivity contribution >= 4 is 23.1 Å². The predicted molar refractivity (Wildman–Crippen MR) is 68.7 cm³/mol. The van der Waals surface area contributed by atoms with Crippen molar-refractivity contribution < 1.29 is 4.92 Å². The van der Waals surface area contributed by atoms with Gasteiger partial charge in [0.15, 0.2) is 5.69 Å². The standard InChI is InChI=1S/C11H9ClN4O2/c1-13-11-10(16(17)18)9(14-6-15-11)7-2-4-8(12)5-3-7/h2-6H,1H3,(H,13,14,15). The number of nitrogens with one attached hydrogen (secondary N) is 1. The van der Waals surface area contributed by atoms with E-state index < -0.39 is 4.92 Å². The van der Waals surface area contributed by atoms with Gasteiger partial charge in [-0.05, 0) is 12.1 Å². The van der Waals surface area contributed by atoms with E-state index in [-0.39, 0.29) is 17.2 Å². The summed E-state index contributed by atoms with van der Waals surface area (Å²) in [4.78, 5) is 18.4. The van der Waals surface area contributed by atoms with Crippen molar-refractivity contribution in [3.8, 4) is 11.3 Å². The fourth-order valence-electron chi connectivity index (χ4n) is 1.55. The minimum absolute atomic E-state index is 0.151. The molecule has 0 fully saturated rings. The number of nitrogens with zero attached hydrogens (tertiary/aromatic N) is 3. The Morgan fingerprint density at radius 1 is 1.28 bits per heavy atom. The van der Waals surface area contributed by atoms with Crippen LogP contribution in [0.3, 0.4) is 0 Å². The maximum absolute atomic E-state index is 11.1. The first-order valence-corrected chi connectivity index (χ1v) is 5.44. The largest absolute Gasteiger partial charge is 0.367 e. The lowest BCUT2D eigenvalue weighted by Gasteiger charge is -2.05. The molecule has 2 aromatic rings. The molecule has 0 aliphatic heterocycles. The molecule has 0 aliphatic rings. The molecule has 7 heteroatoms. The number of hydrogen-bond donors (Lipinski definition) is 1. The van der Waals surface area contributed by atoms with E-state index in [9.17, 15) is 10.1 Å². The van der Waals surface area contributed by atoms with Crippen LogP contribution in [0.4, 0.5) is 11.5 Å². The van der Waals surface area contributed by atoms with E-state index >= 15 is 0 Å². The molecule has 6 nitrogen and oxygen atoms in total. The molecule has 1 aromatic carbocycles. The van der Waals surface area contributed by atoms with Crippen LogP contribution in [-0.4, -0.2) is 21.9 Å². The second-order valence-electron chi connectivity index (χ2n) is 3.43. The third-order valence-corrected chi connectivity index (χ3v) is 2.61. The van der Waals surface area contributed by atoms with Crippen LogP contribution >= 0.6 is 11.6 Å². The highest BCUT2D eigenvalue weighted by atomic mass is 35.5. The maximum Gasteiger partial charge on any atom is 0.337 e. The van der Waals surface area contributed by atoms with Crippen molar-refractivity contribution in [2.45, 2.75) is 0 Å². The number of halogens is 1. The smallest absolute Gasteiger partial charge is 0.337 e. The first kappa shape index (κ1) is 12.3. The van der Waals surface area contributed by atoms with Crippen LogP contribution in [0.2, 0.25) is 5.02 Å². The molecule has 1 heterocycles. The molecular weight excluding hydrogens is 256 g/mol. The maximum atomic E-state index is 11.1. The molecule has 0 spiro atoms. The second kappa shape index (κ2) is 4.97. The molecule has 0 amide bonds. The Balaban J connectivity index is 2.63.